The quantitative estimate of drug-likeness (QED) is 0.581. The summed E-state index contributed by atoms with van der Waals surface area (Å²) in [6, 6.07) is 0.0190. The van der Waals surface area contributed by atoms with Gasteiger partial charge in [-0.25, -0.2) is 0 Å². The van der Waals surface area contributed by atoms with Crippen LogP contribution in [0.4, 0.5) is 26.3 Å². The average molecular weight is 278 g/mol. The van der Waals surface area contributed by atoms with Gasteiger partial charge >= 0.3 is 12.4 Å². The van der Waals surface area contributed by atoms with E-state index in [4.69, 9.17) is 11.6 Å². The number of pyridine rings is 1. The minimum atomic E-state index is -5.28. The van der Waals surface area contributed by atoms with Crippen molar-refractivity contribution in [3.05, 3.63) is 29.1 Å². The first kappa shape index (κ1) is 13.8. The van der Waals surface area contributed by atoms with Gasteiger partial charge in [0, 0.05) is 6.20 Å². The van der Waals surface area contributed by atoms with Crippen LogP contribution >= 0.6 is 11.6 Å². The fourth-order valence-electron chi connectivity index (χ4n) is 1.01. The molecular weight excluding hydrogens is 276 g/mol. The molecule has 0 aromatic carbocycles. The number of carbonyl (C=O) groups excluding carboxylic acids is 1. The van der Waals surface area contributed by atoms with Gasteiger partial charge in [0.25, 0.3) is 5.24 Å². The molecule has 0 aliphatic carbocycles. The van der Waals surface area contributed by atoms with Gasteiger partial charge in [-0.2, -0.15) is 26.3 Å². The molecule has 1 aromatic rings. The van der Waals surface area contributed by atoms with Crippen LogP contribution in [0.15, 0.2) is 12.3 Å². The molecule has 1 rings (SSSR count). The van der Waals surface area contributed by atoms with Crippen molar-refractivity contribution in [3.8, 4) is 0 Å². The Morgan fingerprint density at radius 2 is 1.65 bits per heavy atom. The first-order valence-corrected chi connectivity index (χ1v) is 4.25. The Balaban J connectivity index is 3.49. The maximum absolute atomic E-state index is 12.3. The molecule has 1 aromatic heterocycles. The van der Waals surface area contributed by atoms with Crippen LogP contribution in [0.5, 0.6) is 0 Å². The predicted molar refractivity (Wildman–Crippen MR) is 44.4 cm³/mol. The SMILES string of the molecule is O=C(Cl)c1cnc(C(F)(F)F)c(C(F)(F)F)c1. The van der Waals surface area contributed by atoms with Crippen molar-refractivity contribution in [2.75, 3.05) is 0 Å². The molecule has 17 heavy (non-hydrogen) atoms. The van der Waals surface area contributed by atoms with Gasteiger partial charge in [-0.1, -0.05) is 0 Å². The molecule has 0 amide bonds. The van der Waals surface area contributed by atoms with Crippen molar-refractivity contribution in [2.24, 2.45) is 0 Å². The summed E-state index contributed by atoms with van der Waals surface area (Å²) in [6.07, 6.45) is -10.2. The Morgan fingerprint density at radius 1 is 1.12 bits per heavy atom. The summed E-state index contributed by atoms with van der Waals surface area (Å²) < 4.78 is 73.7. The smallest absolute Gasteiger partial charge is 0.276 e. The molecule has 0 aliphatic heterocycles. The molecule has 2 nitrogen and oxygen atoms in total. The van der Waals surface area contributed by atoms with Crippen molar-refractivity contribution in [1.82, 2.24) is 4.98 Å². The monoisotopic (exact) mass is 277 g/mol. The van der Waals surface area contributed by atoms with E-state index >= 15 is 0 Å². The molecule has 0 atom stereocenters. The molecule has 0 saturated carbocycles. The lowest BCUT2D eigenvalue weighted by Gasteiger charge is -2.14. The summed E-state index contributed by atoms with van der Waals surface area (Å²) >= 11 is 4.86. The summed E-state index contributed by atoms with van der Waals surface area (Å²) in [7, 11) is 0. The maximum Gasteiger partial charge on any atom is 0.433 e. The number of nitrogens with zero attached hydrogens (tertiary/aromatic N) is 1. The minimum absolute atomic E-state index is 0.0190. The Kier molecular flexibility index (Phi) is 3.37. The van der Waals surface area contributed by atoms with E-state index in [1.165, 1.54) is 0 Å². The average Bonchev–Trinajstić information content (AvgIpc) is 2.14. The van der Waals surface area contributed by atoms with Crippen molar-refractivity contribution in [2.45, 2.75) is 12.4 Å². The molecule has 0 saturated heterocycles. The van der Waals surface area contributed by atoms with Crippen LogP contribution in [0.2, 0.25) is 0 Å². The van der Waals surface area contributed by atoms with E-state index < -0.39 is 34.4 Å². The van der Waals surface area contributed by atoms with E-state index in [0.29, 0.717) is 6.20 Å². The lowest BCUT2D eigenvalue weighted by molar-refractivity contribution is -0.164. The molecule has 0 bridgehead atoms. The Hall–Kier alpha value is -1.31. The second kappa shape index (κ2) is 4.17. The van der Waals surface area contributed by atoms with Gasteiger partial charge in [-0.3, -0.25) is 9.78 Å². The van der Waals surface area contributed by atoms with E-state index in [1.807, 2.05) is 0 Å². The summed E-state index contributed by atoms with van der Waals surface area (Å²) in [5, 5.41) is -1.32. The third kappa shape index (κ3) is 3.09. The van der Waals surface area contributed by atoms with Crippen LogP contribution in [0.1, 0.15) is 21.6 Å². The van der Waals surface area contributed by atoms with Gasteiger partial charge in [0.15, 0.2) is 5.69 Å². The number of aromatic nitrogens is 1. The highest BCUT2D eigenvalue weighted by Crippen LogP contribution is 2.39. The highest BCUT2D eigenvalue weighted by Gasteiger charge is 2.44. The zero-order valence-electron chi connectivity index (χ0n) is 7.66. The molecule has 0 aliphatic rings. The highest BCUT2D eigenvalue weighted by molar-refractivity contribution is 6.67. The van der Waals surface area contributed by atoms with Gasteiger partial charge in [0.05, 0.1) is 11.1 Å². The Morgan fingerprint density at radius 3 is 2.00 bits per heavy atom. The lowest BCUT2D eigenvalue weighted by Crippen LogP contribution is -2.19. The van der Waals surface area contributed by atoms with Crippen LogP contribution in [-0.2, 0) is 12.4 Å². The molecule has 0 fully saturated rings. The van der Waals surface area contributed by atoms with Crippen molar-refractivity contribution in [3.63, 3.8) is 0 Å². The largest absolute Gasteiger partial charge is 0.433 e. The van der Waals surface area contributed by atoms with Gasteiger partial charge in [0.2, 0.25) is 0 Å². The number of hydrogen-bond acceptors (Lipinski definition) is 2. The standard InChI is InChI=1S/C8H2ClF6NO/c9-6(17)3-1-4(7(10,11)12)5(16-2-3)8(13,14)15/h1-2H. The van der Waals surface area contributed by atoms with Crippen LogP contribution in [-0.4, -0.2) is 10.2 Å². The molecule has 1 heterocycles. The number of alkyl halides is 6. The zero-order valence-corrected chi connectivity index (χ0v) is 8.41. The minimum Gasteiger partial charge on any atom is -0.276 e. The summed E-state index contributed by atoms with van der Waals surface area (Å²) in [4.78, 5) is 13.1. The molecule has 0 unspecified atom stereocenters. The third-order valence-electron chi connectivity index (χ3n) is 1.69. The number of rotatable bonds is 1. The molecule has 9 heteroatoms. The van der Waals surface area contributed by atoms with E-state index in [0.717, 1.165) is 0 Å². The molecular formula is C8H2ClF6NO. The van der Waals surface area contributed by atoms with Gasteiger partial charge in [0.1, 0.15) is 0 Å². The molecule has 94 valence electrons. The van der Waals surface area contributed by atoms with Gasteiger partial charge < -0.3 is 0 Å². The van der Waals surface area contributed by atoms with Gasteiger partial charge in [-0.15, -0.1) is 0 Å². The van der Waals surface area contributed by atoms with Crippen LogP contribution < -0.4 is 0 Å². The van der Waals surface area contributed by atoms with Crippen molar-refractivity contribution < 1.29 is 31.1 Å². The molecule has 0 N–H and O–H groups in total. The first-order valence-electron chi connectivity index (χ1n) is 3.87. The van der Waals surface area contributed by atoms with E-state index in [-0.39, 0.29) is 6.07 Å². The third-order valence-corrected chi connectivity index (χ3v) is 1.91. The topological polar surface area (TPSA) is 30.0 Å². The molecule has 0 spiro atoms. The van der Waals surface area contributed by atoms with Crippen molar-refractivity contribution in [1.29, 1.82) is 0 Å². The maximum atomic E-state index is 12.3. The van der Waals surface area contributed by atoms with E-state index in [1.54, 1.807) is 0 Å². The zero-order chi connectivity index (χ0) is 13.4. The van der Waals surface area contributed by atoms with E-state index in [9.17, 15) is 31.1 Å². The fourth-order valence-corrected chi connectivity index (χ4v) is 1.12. The predicted octanol–water partition coefficient (Wildman–Crippen LogP) is 3.50. The fraction of sp³-hybridized carbons (Fsp3) is 0.250. The van der Waals surface area contributed by atoms with Crippen LogP contribution in [0.25, 0.3) is 0 Å². The second-order valence-corrected chi connectivity index (χ2v) is 3.23. The summed E-state index contributed by atoms with van der Waals surface area (Å²) in [6.45, 7) is 0. The summed E-state index contributed by atoms with van der Waals surface area (Å²) in [5.41, 5.74) is -4.91. The van der Waals surface area contributed by atoms with Crippen molar-refractivity contribution >= 4 is 16.8 Å². The van der Waals surface area contributed by atoms with E-state index in [2.05, 4.69) is 4.98 Å². The molecule has 0 radical (unpaired) electrons. The second-order valence-electron chi connectivity index (χ2n) is 2.89. The number of halogens is 7. The highest BCUT2D eigenvalue weighted by atomic mass is 35.5. The lowest BCUT2D eigenvalue weighted by atomic mass is 10.1. The van der Waals surface area contributed by atoms with Crippen LogP contribution in [0.3, 0.4) is 0 Å². The summed E-state index contributed by atoms with van der Waals surface area (Å²) in [5.74, 6) is 0. The number of carbonyl (C=O) groups is 1. The Bertz CT molecular complexity index is 452. The van der Waals surface area contributed by atoms with Gasteiger partial charge in [-0.05, 0) is 17.7 Å². The number of hydrogen-bond donors (Lipinski definition) is 0. The normalized spacial score (nSPS) is 12.6. The first-order chi connectivity index (χ1) is 7.53. The van der Waals surface area contributed by atoms with Crippen LogP contribution in [0, 0.1) is 0 Å². The Labute approximate surface area is 95.2 Å².